The van der Waals surface area contributed by atoms with Crippen molar-refractivity contribution in [3.05, 3.63) is 22.4 Å². The third kappa shape index (κ3) is 2.62. The average molecular weight is 238 g/mol. The first-order valence-electron chi connectivity index (χ1n) is 5.67. The summed E-state index contributed by atoms with van der Waals surface area (Å²) in [4.78, 5) is 13.0. The first-order valence-corrected chi connectivity index (χ1v) is 6.55. The van der Waals surface area contributed by atoms with Crippen molar-refractivity contribution in [1.29, 1.82) is 0 Å². The van der Waals surface area contributed by atoms with Crippen LogP contribution in [0.1, 0.15) is 24.6 Å². The van der Waals surface area contributed by atoms with Gasteiger partial charge in [0.2, 0.25) is 5.91 Å². The van der Waals surface area contributed by atoms with Crippen LogP contribution in [0.4, 0.5) is 0 Å². The molecule has 0 radical (unpaired) electrons. The maximum absolute atomic E-state index is 11.9. The van der Waals surface area contributed by atoms with E-state index in [1.807, 2.05) is 17.5 Å². The van der Waals surface area contributed by atoms with Crippen molar-refractivity contribution in [3.8, 4) is 0 Å². The first kappa shape index (κ1) is 11.6. The Kier molecular flexibility index (Phi) is 3.30. The molecule has 0 bridgehead atoms. The van der Waals surface area contributed by atoms with E-state index < -0.39 is 0 Å². The maximum Gasteiger partial charge on any atom is 0.225 e. The van der Waals surface area contributed by atoms with Gasteiger partial charge in [0.1, 0.15) is 0 Å². The smallest absolute Gasteiger partial charge is 0.225 e. The second-order valence-corrected chi connectivity index (χ2v) is 5.73. The molecule has 4 heteroatoms. The number of nitrogens with one attached hydrogen (secondary N) is 1. The van der Waals surface area contributed by atoms with E-state index in [1.165, 1.54) is 12.8 Å². The summed E-state index contributed by atoms with van der Waals surface area (Å²) < 4.78 is 0. The summed E-state index contributed by atoms with van der Waals surface area (Å²) in [5.41, 5.74) is 5.56. The van der Waals surface area contributed by atoms with Crippen LogP contribution in [0.5, 0.6) is 0 Å². The van der Waals surface area contributed by atoms with E-state index in [2.05, 4.69) is 12.2 Å². The number of hydrogen-bond donors (Lipinski definition) is 2. The Hall–Kier alpha value is -0.870. The molecular weight excluding hydrogens is 220 g/mol. The molecule has 1 aliphatic carbocycles. The molecule has 1 aromatic rings. The van der Waals surface area contributed by atoms with Gasteiger partial charge in [0.25, 0.3) is 0 Å². The van der Waals surface area contributed by atoms with E-state index >= 15 is 0 Å². The summed E-state index contributed by atoms with van der Waals surface area (Å²) in [7, 11) is 0. The Morgan fingerprint density at radius 1 is 1.69 bits per heavy atom. The molecule has 1 saturated carbocycles. The Morgan fingerprint density at radius 2 is 2.44 bits per heavy atom. The van der Waals surface area contributed by atoms with Gasteiger partial charge in [-0.15, -0.1) is 11.3 Å². The molecule has 0 aliphatic heterocycles. The minimum atomic E-state index is -0.200. The normalized spacial score (nSPS) is 19.1. The van der Waals surface area contributed by atoms with Crippen LogP contribution < -0.4 is 11.1 Å². The zero-order valence-electron chi connectivity index (χ0n) is 9.53. The molecule has 88 valence electrons. The first-order chi connectivity index (χ1) is 7.64. The van der Waals surface area contributed by atoms with E-state index in [4.69, 9.17) is 5.73 Å². The second-order valence-electron chi connectivity index (χ2n) is 4.70. The molecule has 0 saturated heterocycles. The van der Waals surface area contributed by atoms with Crippen LogP contribution in [0.25, 0.3) is 0 Å². The molecule has 2 rings (SSSR count). The fourth-order valence-corrected chi connectivity index (χ4v) is 2.68. The zero-order chi connectivity index (χ0) is 11.6. The van der Waals surface area contributed by atoms with E-state index in [9.17, 15) is 4.79 Å². The average Bonchev–Trinajstić information content (AvgIpc) is 3.00. The van der Waals surface area contributed by atoms with E-state index in [0.717, 1.165) is 4.88 Å². The highest BCUT2D eigenvalue weighted by molar-refractivity contribution is 7.10. The van der Waals surface area contributed by atoms with Gasteiger partial charge >= 0.3 is 0 Å². The quantitative estimate of drug-likeness (QED) is 0.817. The van der Waals surface area contributed by atoms with E-state index in [0.29, 0.717) is 18.9 Å². The second kappa shape index (κ2) is 4.55. The number of amides is 1. The van der Waals surface area contributed by atoms with Crippen molar-refractivity contribution < 1.29 is 4.79 Å². The van der Waals surface area contributed by atoms with Crippen molar-refractivity contribution in [2.45, 2.75) is 31.7 Å². The van der Waals surface area contributed by atoms with E-state index in [-0.39, 0.29) is 11.4 Å². The molecule has 1 aliphatic rings. The summed E-state index contributed by atoms with van der Waals surface area (Å²) in [6.07, 6.45) is 2.85. The molecule has 0 spiro atoms. The Morgan fingerprint density at radius 3 is 2.94 bits per heavy atom. The van der Waals surface area contributed by atoms with Gasteiger partial charge in [-0.1, -0.05) is 6.07 Å². The molecule has 3 nitrogen and oxygen atoms in total. The topological polar surface area (TPSA) is 55.1 Å². The highest BCUT2D eigenvalue weighted by Crippen LogP contribution is 2.38. The van der Waals surface area contributed by atoms with Gasteiger partial charge in [0.15, 0.2) is 0 Å². The van der Waals surface area contributed by atoms with Crippen LogP contribution in [0.2, 0.25) is 0 Å². The van der Waals surface area contributed by atoms with Crippen LogP contribution in [-0.2, 0) is 11.2 Å². The van der Waals surface area contributed by atoms with Gasteiger partial charge in [-0.05, 0) is 37.1 Å². The minimum absolute atomic E-state index is 0.0855. The van der Waals surface area contributed by atoms with Crippen LogP contribution in [0, 0.1) is 5.92 Å². The zero-order valence-corrected chi connectivity index (χ0v) is 10.3. The highest BCUT2D eigenvalue weighted by atomic mass is 32.1. The van der Waals surface area contributed by atoms with Gasteiger partial charge < -0.3 is 11.1 Å². The molecule has 3 N–H and O–H groups in total. The van der Waals surface area contributed by atoms with Crippen molar-refractivity contribution in [2.24, 2.45) is 11.7 Å². The molecule has 1 amide bonds. The SMILES string of the molecule is CC(CN)(NC(=O)Cc1cccs1)C1CC1. The van der Waals surface area contributed by atoms with Gasteiger partial charge in [-0.25, -0.2) is 0 Å². The minimum Gasteiger partial charge on any atom is -0.349 e. The summed E-state index contributed by atoms with van der Waals surface area (Å²) in [5.74, 6) is 0.659. The Bertz CT molecular complexity index is 359. The molecule has 1 aromatic heterocycles. The van der Waals surface area contributed by atoms with Gasteiger partial charge in [0, 0.05) is 11.4 Å². The van der Waals surface area contributed by atoms with Crippen LogP contribution >= 0.6 is 11.3 Å². The molecule has 1 fully saturated rings. The van der Waals surface area contributed by atoms with Gasteiger partial charge in [-0.2, -0.15) is 0 Å². The molecule has 0 aromatic carbocycles. The predicted octanol–water partition coefficient (Wildman–Crippen LogP) is 1.53. The lowest BCUT2D eigenvalue weighted by molar-refractivity contribution is -0.122. The lowest BCUT2D eigenvalue weighted by atomic mass is 9.96. The molecule has 1 unspecified atom stereocenters. The molecule has 1 atom stereocenters. The van der Waals surface area contributed by atoms with Gasteiger partial charge in [-0.3, -0.25) is 4.79 Å². The number of hydrogen-bond acceptors (Lipinski definition) is 3. The number of carbonyl (C=O) groups excluding carboxylic acids is 1. The van der Waals surface area contributed by atoms with Crippen molar-refractivity contribution in [3.63, 3.8) is 0 Å². The van der Waals surface area contributed by atoms with Crippen LogP contribution in [-0.4, -0.2) is 18.0 Å². The van der Waals surface area contributed by atoms with Gasteiger partial charge in [0.05, 0.1) is 12.0 Å². The Labute approximate surface area is 100 Å². The number of carbonyl (C=O) groups is 1. The van der Waals surface area contributed by atoms with Crippen molar-refractivity contribution in [2.75, 3.05) is 6.54 Å². The molecule has 16 heavy (non-hydrogen) atoms. The monoisotopic (exact) mass is 238 g/mol. The number of rotatable bonds is 5. The number of thiophene rings is 1. The lowest BCUT2D eigenvalue weighted by Crippen LogP contribution is -2.53. The largest absolute Gasteiger partial charge is 0.349 e. The molecular formula is C12H18N2OS. The number of nitrogens with two attached hydrogens (primary N) is 1. The van der Waals surface area contributed by atoms with E-state index in [1.54, 1.807) is 11.3 Å². The van der Waals surface area contributed by atoms with Crippen molar-refractivity contribution in [1.82, 2.24) is 5.32 Å². The van der Waals surface area contributed by atoms with Crippen LogP contribution in [0.3, 0.4) is 0 Å². The standard InChI is InChI=1S/C12H18N2OS/c1-12(8-13,9-4-5-9)14-11(15)7-10-3-2-6-16-10/h2-3,6,9H,4-5,7-8,13H2,1H3,(H,14,15). The third-order valence-corrected chi connectivity index (χ3v) is 4.12. The lowest BCUT2D eigenvalue weighted by Gasteiger charge is -2.29. The molecule has 1 heterocycles. The summed E-state index contributed by atoms with van der Waals surface area (Å²) in [5, 5.41) is 5.08. The highest BCUT2D eigenvalue weighted by Gasteiger charge is 2.41. The summed E-state index contributed by atoms with van der Waals surface area (Å²) in [6, 6.07) is 3.96. The summed E-state index contributed by atoms with van der Waals surface area (Å²) in [6.45, 7) is 2.57. The predicted molar refractivity (Wildman–Crippen MR) is 66.3 cm³/mol. The van der Waals surface area contributed by atoms with Crippen LogP contribution in [0.15, 0.2) is 17.5 Å². The maximum atomic E-state index is 11.9. The fourth-order valence-electron chi connectivity index (χ4n) is 1.97. The Balaban J connectivity index is 1.90. The third-order valence-electron chi connectivity index (χ3n) is 3.24. The summed E-state index contributed by atoms with van der Waals surface area (Å²) >= 11 is 1.62. The fraction of sp³-hybridized carbons (Fsp3) is 0.583. The van der Waals surface area contributed by atoms with Crippen molar-refractivity contribution >= 4 is 17.2 Å².